The zero-order chi connectivity index (χ0) is 20.4. The number of carbonyl (C=O) groups excluding carboxylic acids is 2. The molecule has 154 valence electrons. The molecule has 8 heteroatoms. The molecule has 3 heterocycles. The lowest BCUT2D eigenvalue weighted by molar-refractivity contribution is -0.128. The standard InChI is InChI=1S/C21H28N6O2/c1-14-3-5-15(6-4-14)12-27-13-17(11-18(27)28)20(29)24-21-23-19(25-26(21)2)16-7-9-22-10-8-16/h3-6,16-17,22H,7-13H2,1-2H3,(H,23,24,25,29). The first kappa shape index (κ1) is 19.6. The van der Waals surface area contributed by atoms with Gasteiger partial charge in [0.15, 0.2) is 5.82 Å². The Morgan fingerprint density at radius 2 is 1.97 bits per heavy atom. The number of hydrogen-bond acceptors (Lipinski definition) is 5. The van der Waals surface area contributed by atoms with Crippen molar-refractivity contribution in [3.05, 3.63) is 41.2 Å². The Morgan fingerprint density at radius 3 is 2.69 bits per heavy atom. The van der Waals surface area contributed by atoms with E-state index >= 15 is 0 Å². The molecule has 0 radical (unpaired) electrons. The van der Waals surface area contributed by atoms with E-state index in [0.29, 0.717) is 25.0 Å². The molecule has 4 rings (SSSR count). The zero-order valence-electron chi connectivity index (χ0n) is 17.0. The fraction of sp³-hybridized carbons (Fsp3) is 0.524. The maximum Gasteiger partial charge on any atom is 0.232 e. The van der Waals surface area contributed by atoms with Crippen LogP contribution in [-0.2, 0) is 23.2 Å². The predicted octanol–water partition coefficient (Wildman–Crippen LogP) is 1.58. The van der Waals surface area contributed by atoms with E-state index in [1.807, 2.05) is 31.2 Å². The summed E-state index contributed by atoms with van der Waals surface area (Å²) in [6.07, 6.45) is 2.24. The summed E-state index contributed by atoms with van der Waals surface area (Å²) in [5.74, 6) is 1.04. The predicted molar refractivity (Wildman–Crippen MR) is 109 cm³/mol. The molecule has 0 aliphatic carbocycles. The number of likely N-dealkylation sites (tertiary alicyclic amines) is 1. The van der Waals surface area contributed by atoms with Crippen LogP contribution in [0, 0.1) is 12.8 Å². The summed E-state index contributed by atoms with van der Waals surface area (Å²) in [4.78, 5) is 31.5. The van der Waals surface area contributed by atoms with E-state index in [0.717, 1.165) is 37.3 Å². The molecule has 2 fully saturated rings. The first-order valence-electron chi connectivity index (χ1n) is 10.3. The number of hydrogen-bond donors (Lipinski definition) is 2. The number of nitrogens with one attached hydrogen (secondary N) is 2. The maximum absolute atomic E-state index is 12.8. The molecule has 0 bridgehead atoms. The number of amides is 2. The average Bonchev–Trinajstić information content (AvgIpc) is 3.27. The minimum Gasteiger partial charge on any atom is -0.338 e. The Balaban J connectivity index is 1.37. The molecule has 8 nitrogen and oxygen atoms in total. The van der Waals surface area contributed by atoms with E-state index in [1.54, 1.807) is 16.6 Å². The molecule has 2 aromatic rings. The van der Waals surface area contributed by atoms with Crippen LogP contribution in [0.4, 0.5) is 5.95 Å². The lowest BCUT2D eigenvalue weighted by atomic mass is 9.98. The summed E-state index contributed by atoms with van der Waals surface area (Å²) < 4.78 is 1.62. The van der Waals surface area contributed by atoms with Crippen LogP contribution < -0.4 is 10.6 Å². The second-order valence-electron chi connectivity index (χ2n) is 8.09. The molecule has 2 aliphatic heterocycles. The average molecular weight is 396 g/mol. The minimum absolute atomic E-state index is 0.0130. The van der Waals surface area contributed by atoms with Gasteiger partial charge in [-0.1, -0.05) is 29.8 Å². The lowest BCUT2D eigenvalue weighted by Gasteiger charge is -2.19. The van der Waals surface area contributed by atoms with Crippen LogP contribution >= 0.6 is 0 Å². The summed E-state index contributed by atoms with van der Waals surface area (Å²) in [6, 6.07) is 8.12. The highest BCUT2D eigenvalue weighted by Gasteiger charge is 2.35. The molecule has 0 spiro atoms. The fourth-order valence-electron chi connectivity index (χ4n) is 3.99. The molecule has 1 atom stereocenters. The van der Waals surface area contributed by atoms with Gasteiger partial charge >= 0.3 is 0 Å². The van der Waals surface area contributed by atoms with Crippen LogP contribution in [0.3, 0.4) is 0 Å². The van der Waals surface area contributed by atoms with Crippen molar-refractivity contribution in [2.24, 2.45) is 13.0 Å². The highest BCUT2D eigenvalue weighted by atomic mass is 16.2. The van der Waals surface area contributed by atoms with Crippen molar-refractivity contribution in [3.63, 3.8) is 0 Å². The summed E-state index contributed by atoms with van der Waals surface area (Å²) in [6.45, 7) is 4.93. The Bertz CT molecular complexity index is 885. The number of piperidine rings is 1. The lowest BCUT2D eigenvalue weighted by Crippen LogP contribution is -2.28. The topological polar surface area (TPSA) is 92.2 Å². The number of benzene rings is 1. The molecule has 2 amide bonds. The second kappa shape index (κ2) is 8.32. The molecule has 2 saturated heterocycles. The van der Waals surface area contributed by atoms with Crippen molar-refractivity contribution in [1.29, 1.82) is 0 Å². The third-order valence-corrected chi connectivity index (χ3v) is 5.80. The number of rotatable bonds is 5. The molecule has 1 aromatic carbocycles. The number of aryl methyl sites for hydroxylation is 2. The Morgan fingerprint density at radius 1 is 1.24 bits per heavy atom. The van der Waals surface area contributed by atoms with Gasteiger partial charge in [0.05, 0.1) is 5.92 Å². The summed E-state index contributed by atoms with van der Waals surface area (Å²) in [5, 5.41) is 10.7. The number of nitrogens with zero attached hydrogens (tertiary/aromatic N) is 4. The van der Waals surface area contributed by atoms with Crippen molar-refractivity contribution in [2.75, 3.05) is 25.0 Å². The van der Waals surface area contributed by atoms with Crippen molar-refractivity contribution < 1.29 is 9.59 Å². The Kier molecular flexibility index (Phi) is 5.62. The van der Waals surface area contributed by atoms with Crippen LogP contribution in [0.1, 0.15) is 42.1 Å². The van der Waals surface area contributed by atoms with E-state index < -0.39 is 0 Å². The van der Waals surface area contributed by atoms with Gasteiger partial charge in [-0.05, 0) is 38.4 Å². The Labute approximate surface area is 170 Å². The van der Waals surface area contributed by atoms with Crippen molar-refractivity contribution in [1.82, 2.24) is 25.0 Å². The number of carbonyl (C=O) groups is 2. The Hall–Kier alpha value is -2.74. The van der Waals surface area contributed by atoms with E-state index in [1.165, 1.54) is 5.56 Å². The largest absolute Gasteiger partial charge is 0.338 e. The van der Waals surface area contributed by atoms with Crippen LogP contribution in [0.15, 0.2) is 24.3 Å². The third-order valence-electron chi connectivity index (χ3n) is 5.80. The van der Waals surface area contributed by atoms with Crippen molar-refractivity contribution >= 4 is 17.8 Å². The maximum atomic E-state index is 12.8. The van der Waals surface area contributed by atoms with Gasteiger partial charge in [-0.3, -0.25) is 14.9 Å². The molecule has 2 aliphatic rings. The molecule has 0 saturated carbocycles. The van der Waals surface area contributed by atoms with Crippen molar-refractivity contribution in [2.45, 2.75) is 38.6 Å². The number of anilines is 1. The minimum atomic E-state index is -0.369. The van der Waals surface area contributed by atoms with Gasteiger partial charge in [-0.15, -0.1) is 0 Å². The SMILES string of the molecule is Cc1ccc(CN2CC(C(=O)Nc3nc(C4CCNCC4)nn3C)CC2=O)cc1. The quantitative estimate of drug-likeness (QED) is 0.801. The van der Waals surface area contributed by atoms with Crippen LogP contribution in [0.25, 0.3) is 0 Å². The van der Waals surface area contributed by atoms with E-state index in [-0.39, 0.29) is 24.2 Å². The smallest absolute Gasteiger partial charge is 0.232 e. The summed E-state index contributed by atoms with van der Waals surface area (Å²) >= 11 is 0. The zero-order valence-corrected chi connectivity index (χ0v) is 17.0. The summed E-state index contributed by atoms with van der Waals surface area (Å²) in [7, 11) is 1.79. The van der Waals surface area contributed by atoms with Crippen molar-refractivity contribution in [3.8, 4) is 0 Å². The van der Waals surface area contributed by atoms with Gasteiger partial charge in [-0.25, -0.2) is 4.68 Å². The molecule has 1 aromatic heterocycles. The molecule has 1 unspecified atom stereocenters. The van der Waals surface area contributed by atoms with E-state index in [2.05, 4.69) is 20.7 Å². The highest BCUT2D eigenvalue weighted by Crippen LogP contribution is 2.25. The summed E-state index contributed by atoms with van der Waals surface area (Å²) in [5.41, 5.74) is 2.26. The van der Waals surface area contributed by atoms with Gasteiger partial charge in [0.25, 0.3) is 0 Å². The molecule has 29 heavy (non-hydrogen) atoms. The van der Waals surface area contributed by atoms with Gasteiger partial charge in [0.1, 0.15) is 0 Å². The molecule has 2 N–H and O–H groups in total. The van der Waals surface area contributed by atoms with E-state index in [9.17, 15) is 9.59 Å². The van der Waals surface area contributed by atoms with Crippen LogP contribution in [-0.4, -0.2) is 51.1 Å². The monoisotopic (exact) mass is 396 g/mol. The molecular weight excluding hydrogens is 368 g/mol. The fourth-order valence-corrected chi connectivity index (χ4v) is 3.99. The van der Waals surface area contributed by atoms with Crippen LogP contribution in [0.5, 0.6) is 0 Å². The second-order valence-corrected chi connectivity index (χ2v) is 8.09. The van der Waals surface area contributed by atoms with E-state index in [4.69, 9.17) is 0 Å². The highest BCUT2D eigenvalue weighted by molar-refractivity contribution is 5.96. The van der Waals surface area contributed by atoms with Gasteiger partial charge in [0, 0.05) is 32.5 Å². The first-order valence-corrected chi connectivity index (χ1v) is 10.3. The van der Waals surface area contributed by atoms with Gasteiger partial charge < -0.3 is 10.2 Å². The third kappa shape index (κ3) is 4.48. The van der Waals surface area contributed by atoms with Gasteiger partial charge in [-0.2, -0.15) is 10.1 Å². The van der Waals surface area contributed by atoms with Crippen LogP contribution in [0.2, 0.25) is 0 Å². The number of aromatic nitrogens is 3. The normalized spacial score (nSPS) is 20.3. The molecular formula is C21H28N6O2. The van der Waals surface area contributed by atoms with Gasteiger partial charge in [0.2, 0.25) is 17.8 Å². The first-order chi connectivity index (χ1) is 14.0.